The van der Waals surface area contributed by atoms with Gasteiger partial charge >= 0.3 is 30.2 Å². The summed E-state index contributed by atoms with van der Waals surface area (Å²) in [5.41, 5.74) is 0. The van der Waals surface area contributed by atoms with Crippen LogP contribution in [0.4, 0.5) is 0 Å². The van der Waals surface area contributed by atoms with Gasteiger partial charge in [0.05, 0.1) is 0 Å². The summed E-state index contributed by atoms with van der Waals surface area (Å²) in [7, 11) is 4.13. The zero-order chi connectivity index (χ0) is 2.00. The Morgan fingerprint density at radius 2 is 1.25 bits per heavy atom. The zero-order valence-corrected chi connectivity index (χ0v) is 9.02. The van der Waals surface area contributed by atoms with Gasteiger partial charge in [-0.25, -0.2) is 0 Å². The van der Waals surface area contributed by atoms with E-state index in [4.69, 9.17) is 0 Å². The first kappa shape index (κ1) is 16.2. The fourth-order valence-corrected chi connectivity index (χ4v) is 0. The maximum absolute atomic E-state index is 4.13. The molecule has 0 nitrogen and oxygen atoms in total. The average Bonchev–Trinajstić information content (AvgIpc) is 1.00. The summed E-state index contributed by atoms with van der Waals surface area (Å²) >= 11 is 1.33. The molecule has 0 spiro atoms. The van der Waals surface area contributed by atoms with Crippen LogP contribution < -0.4 is 0 Å². The number of hydrogen-bond donors (Lipinski definition) is 0. The molecule has 4 heteroatoms. The Hall–Kier alpha value is 2.34. The molecule has 0 amide bonds. The molecule has 0 fully saturated rings. The van der Waals surface area contributed by atoms with Crippen molar-refractivity contribution in [2.75, 3.05) is 0 Å². The molecule has 0 aliphatic carbocycles. The molecule has 0 aromatic rings. The summed E-state index contributed by atoms with van der Waals surface area (Å²) < 4.78 is 0. The van der Waals surface area contributed by atoms with E-state index in [1.165, 1.54) is 21.1 Å². The van der Waals surface area contributed by atoms with Crippen LogP contribution in [-0.2, 0) is 22.4 Å². The quantitative estimate of drug-likeness (QED) is 0.488. The van der Waals surface area contributed by atoms with Crippen molar-refractivity contribution in [3.63, 3.8) is 0 Å². The first-order valence-corrected chi connectivity index (χ1v) is 3.67. The van der Waals surface area contributed by atoms with E-state index in [1.54, 1.807) is 0 Å². The second-order valence-electron chi connectivity index (χ2n) is 0. The van der Waals surface area contributed by atoms with Crippen molar-refractivity contribution in [2.24, 2.45) is 0 Å². The first-order valence-electron chi connectivity index (χ1n) is 0.183. The predicted octanol–water partition coefficient (Wildman–Crippen LogP) is -0.116. The van der Waals surface area contributed by atoms with Crippen molar-refractivity contribution in [3.05, 3.63) is 0 Å². The van der Waals surface area contributed by atoms with E-state index in [9.17, 15) is 0 Å². The summed E-state index contributed by atoms with van der Waals surface area (Å²) in [6, 6.07) is 0. The van der Waals surface area contributed by atoms with Gasteiger partial charge in [-0.05, 0) is 0 Å². The van der Waals surface area contributed by atoms with Gasteiger partial charge in [-0.15, -0.1) is 0 Å². The van der Waals surface area contributed by atoms with Crippen LogP contribution in [0, 0.1) is 0 Å². The Morgan fingerprint density at radius 1 is 1.25 bits per heavy atom. The molecule has 0 saturated carbocycles. The predicted molar refractivity (Wildman–Crippen MR) is 19.1 cm³/mol. The summed E-state index contributed by atoms with van der Waals surface area (Å²) in [5.74, 6) is 0. The minimum atomic E-state index is 0. The van der Waals surface area contributed by atoms with Crippen LogP contribution >= 0.6 is 9.19 Å². The molecule has 0 heterocycles. The van der Waals surface area contributed by atoms with Crippen molar-refractivity contribution < 1.29 is 22.4 Å². The van der Waals surface area contributed by atoms with Crippen molar-refractivity contribution in [3.8, 4) is 0 Å². The monoisotopic (exact) mass is 425 g/mol. The average molecular weight is 426 g/mol. The van der Waals surface area contributed by atoms with Gasteiger partial charge in [-0.2, -0.15) is 0 Å². The molecule has 27 valence electrons. The molecule has 0 atom stereocenters. The van der Waals surface area contributed by atoms with E-state index in [-0.39, 0.29) is 40.3 Å². The van der Waals surface area contributed by atoms with E-state index in [0.29, 0.717) is 0 Å². The summed E-state index contributed by atoms with van der Waals surface area (Å²) in [6.07, 6.45) is 0. The first-order chi connectivity index (χ1) is 1.00. The zero-order valence-electron chi connectivity index (χ0n) is 1.60. The van der Waals surface area contributed by atoms with Gasteiger partial charge < -0.3 is 0 Å². The third-order valence-corrected chi connectivity index (χ3v) is 0. The molecule has 0 aromatic heterocycles. The molecule has 4 heavy (non-hydrogen) atoms. The molecule has 0 N–H and O–H groups in total. The molecular weight excluding hydrogens is 426 g/mol. The molecule has 5 radical (unpaired) electrons. The number of hydrogen-bond acceptors (Lipinski definition) is 1. The molecule has 0 bridgehead atoms. The van der Waals surface area contributed by atoms with E-state index in [0.717, 1.165) is 0 Å². The van der Waals surface area contributed by atoms with Gasteiger partial charge in [-0.1, -0.05) is 0 Å². The second-order valence-corrected chi connectivity index (χ2v) is 0. The van der Waals surface area contributed by atoms with Crippen molar-refractivity contribution >= 4 is 48.2 Å². The van der Waals surface area contributed by atoms with Crippen LogP contribution in [0.25, 0.3) is 0 Å². The molecule has 0 aliphatic rings. The van der Waals surface area contributed by atoms with E-state index in [2.05, 4.69) is 9.19 Å². The summed E-state index contributed by atoms with van der Waals surface area (Å²) in [5, 5.41) is 0. The van der Waals surface area contributed by atoms with Crippen LogP contribution in [0.1, 0.15) is 0 Å². The SMILES string of the molecule is [As].[Au].[S]=[Sb]. The van der Waals surface area contributed by atoms with Crippen molar-refractivity contribution in [2.45, 2.75) is 0 Å². The Morgan fingerprint density at radius 3 is 1.25 bits per heavy atom. The minimum absolute atomic E-state index is 0. The standard InChI is InChI=1S/As.Au.S.Sb. The van der Waals surface area contributed by atoms with Gasteiger partial charge in [-0.3, -0.25) is 0 Å². The second kappa shape index (κ2) is 18.4. The van der Waals surface area contributed by atoms with Gasteiger partial charge in [0.1, 0.15) is 0 Å². The third kappa shape index (κ3) is 8.84. The van der Waals surface area contributed by atoms with Gasteiger partial charge in [0.2, 0.25) is 0 Å². The van der Waals surface area contributed by atoms with E-state index >= 15 is 0 Å². The Kier molecular flexibility index (Phi) is 74.5. The van der Waals surface area contributed by atoms with Crippen LogP contribution in [0.2, 0.25) is 0 Å². The van der Waals surface area contributed by atoms with Crippen molar-refractivity contribution in [1.82, 2.24) is 0 Å². The molecule has 0 rings (SSSR count). The topological polar surface area (TPSA) is 0 Å². The Labute approximate surface area is 69.5 Å². The van der Waals surface area contributed by atoms with E-state index in [1.807, 2.05) is 0 Å². The van der Waals surface area contributed by atoms with Gasteiger partial charge in [0.25, 0.3) is 0 Å². The van der Waals surface area contributed by atoms with Gasteiger partial charge in [0.15, 0.2) is 0 Å². The molecule has 0 unspecified atom stereocenters. The third-order valence-electron chi connectivity index (χ3n) is 0. The Balaban J connectivity index is -0.00000000500. The van der Waals surface area contributed by atoms with Crippen LogP contribution in [0.3, 0.4) is 0 Å². The van der Waals surface area contributed by atoms with Gasteiger partial charge in [0, 0.05) is 40.3 Å². The van der Waals surface area contributed by atoms with Crippen LogP contribution in [0.15, 0.2) is 0 Å². The molecule has 0 aliphatic heterocycles. The molecule has 0 aromatic carbocycles. The Bertz CT molecular complexity index is 8.00. The number of rotatable bonds is 0. The van der Waals surface area contributed by atoms with Crippen molar-refractivity contribution in [1.29, 1.82) is 0 Å². The maximum atomic E-state index is 4.13. The fourth-order valence-electron chi connectivity index (χ4n) is 0. The normalized spacial score (nSPS) is 1.00. The summed E-state index contributed by atoms with van der Waals surface area (Å²) in [6.45, 7) is 0. The fraction of sp³-hybridized carbons (Fsp3) is 0. The summed E-state index contributed by atoms with van der Waals surface area (Å²) in [4.78, 5) is 0. The molecule has 0 saturated heterocycles. The molecular formula is AsAuSSb. The van der Waals surface area contributed by atoms with Crippen LogP contribution in [-0.4, -0.2) is 39.0 Å². The van der Waals surface area contributed by atoms with E-state index < -0.39 is 0 Å². The van der Waals surface area contributed by atoms with Crippen LogP contribution in [0.5, 0.6) is 0 Å².